The summed E-state index contributed by atoms with van der Waals surface area (Å²) in [4.78, 5) is 11.5. The molecule has 1 aromatic heterocycles. The molecule has 2 heterocycles. The lowest BCUT2D eigenvalue weighted by Crippen LogP contribution is -2.35. The van der Waals surface area contributed by atoms with Crippen molar-refractivity contribution in [3.63, 3.8) is 0 Å². The Morgan fingerprint density at radius 3 is 3.07 bits per heavy atom. The molecular weight excluding hydrogens is 220 g/mol. The van der Waals surface area contributed by atoms with Gasteiger partial charge in [-0.3, -0.25) is 4.79 Å². The number of thiophene rings is 1. The topological polar surface area (TPSA) is 41.1 Å². The highest BCUT2D eigenvalue weighted by molar-refractivity contribution is 7.08. The molecule has 0 aliphatic carbocycles. The summed E-state index contributed by atoms with van der Waals surface area (Å²) in [5, 5.41) is 9.99. The van der Waals surface area contributed by atoms with E-state index in [4.69, 9.17) is 0 Å². The van der Waals surface area contributed by atoms with Crippen molar-refractivity contribution in [3.05, 3.63) is 22.4 Å². The van der Waals surface area contributed by atoms with Crippen LogP contribution in [0.3, 0.4) is 0 Å². The molecule has 3 nitrogen and oxygen atoms in total. The van der Waals surface area contributed by atoms with Gasteiger partial charge in [-0.1, -0.05) is 0 Å². The molecule has 1 unspecified atom stereocenters. The maximum atomic E-state index is 11.5. The molecule has 1 aromatic rings. The van der Waals surface area contributed by atoms with Crippen molar-refractivity contribution in [3.8, 4) is 0 Å². The molecule has 0 spiro atoms. The van der Waals surface area contributed by atoms with Gasteiger partial charge in [0.05, 0.1) is 0 Å². The predicted molar refractivity (Wildman–Crippen MR) is 60.3 cm³/mol. The highest BCUT2D eigenvalue weighted by Gasteiger charge is 2.17. The van der Waals surface area contributed by atoms with E-state index in [0.29, 0.717) is 6.04 Å². The second-order valence-electron chi connectivity index (χ2n) is 3.18. The second-order valence-corrected chi connectivity index (χ2v) is 3.96. The summed E-state index contributed by atoms with van der Waals surface area (Å²) < 4.78 is 0. The minimum atomic E-state index is 0. The quantitative estimate of drug-likeness (QED) is 0.806. The molecule has 1 fully saturated rings. The van der Waals surface area contributed by atoms with Crippen molar-refractivity contribution >= 4 is 29.7 Å². The number of amides is 1. The third kappa shape index (κ3) is 2.70. The lowest BCUT2D eigenvalue weighted by atomic mass is 10.2. The van der Waals surface area contributed by atoms with Crippen molar-refractivity contribution in [1.29, 1.82) is 0 Å². The maximum Gasteiger partial charge on any atom is 0.252 e. The average molecular weight is 233 g/mol. The standard InChI is InChI=1S/C9H12N2OS.ClH/c12-9(7-2-4-13-6-7)11-8-1-3-10-5-8;/h2,4,6,8,10H,1,3,5H2,(H,11,12);1H. The third-order valence-corrected chi connectivity index (χ3v) is 2.86. The molecule has 2 rings (SSSR count). The van der Waals surface area contributed by atoms with E-state index in [1.165, 1.54) is 0 Å². The Balaban J connectivity index is 0.000000980. The van der Waals surface area contributed by atoms with Crippen LogP contribution in [0.2, 0.25) is 0 Å². The van der Waals surface area contributed by atoms with Gasteiger partial charge in [0.25, 0.3) is 5.91 Å². The van der Waals surface area contributed by atoms with Crippen LogP contribution < -0.4 is 10.6 Å². The van der Waals surface area contributed by atoms with E-state index in [1.54, 1.807) is 11.3 Å². The molecule has 0 aromatic carbocycles. The van der Waals surface area contributed by atoms with Gasteiger partial charge < -0.3 is 10.6 Å². The first-order valence-electron chi connectivity index (χ1n) is 4.40. The van der Waals surface area contributed by atoms with Gasteiger partial charge in [0, 0.05) is 23.5 Å². The van der Waals surface area contributed by atoms with Gasteiger partial charge in [-0.2, -0.15) is 11.3 Å². The van der Waals surface area contributed by atoms with Crippen LogP contribution >= 0.6 is 23.7 Å². The summed E-state index contributed by atoms with van der Waals surface area (Å²) in [5.41, 5.74) is 0.775. The summed E-state index contributed by atoms with van der Waals surface area (Å²) in [6.07, 6.45) is 1.04. The maximum absolute atomic E-state index is 11.5. The fourth-order valence-corrected chi connectivity index (χ4v) is 2.08. The number of carbonyl (C=O) groups is 1. The summed E-state index contributed by atoms with van der Waals surface area (Å²) in [5.74, 6) is 0.0509. The van der Waals surface area contributed by atoms with Crippen LogP contribution in [0.4, 0.5) is 0 Å². The van der Waals surface area contributed by atoms with Crippen molar-refractivity contribution in [1.82, 2.24) is 10.6 Å². The van der Waals surface area contributed by atoms with Crippen molar-refractivity contribution in [2.75, 3.05) is 13.1 Å². The molecule has 0 saturated carbocycles. The highest BCUT2D eigenvalue weighted by atomic mass is 35.5. The first kappa shape index (κ1) is 11.5. The zero-order valence-electron chi connectivity index (χ0n) is 7.66. The van der Waals surface area contributed by atoms with Crippen molar-refractivity contribution < 1.29 is 4.79 Å². The Morgan fingerprint density at radius 2 is 2.50 bits per heavy atom. The fraction of sp³-hybridized carbons (Fsp3) is 0.444. The second kappa shape index (κ2) is 5.34. The highest BCUT2D eigenvalue weighted by Crippen LogP contribution is 2.06. The van der Waals surface area contributed by atoms with E-state index in [0.717, 1.165) is 25.1 Å². The predicted octanol–water partition coefficient (Wildman–Crippen LogP) is 1.26. The SMILES string of the molecule is Cl.O=C(NC1CCNC1)c1ccsc1. The minimum Gasteiger partial charge on any atom is -0.348 e. The smallest absolute Gasteiger partial charge is 0.252 e. The molecule has 1 aliphatic rings. The first-order chi connectivity index (χ1) is 6.36. The van der Waals surface area contributed by atoms with Gasteiger partial charge in [0.1, 0.15) is 0 Å². The lowest BCUT2D eigenvalue weighted by molar-refractivity contribution is 0.0940. The zero-order valence-corrected chi connectivity index (χ0v) is 9.29. The number of nitrogens with one attached hydrogen (secondary N) is 2. The van der Waals surface area contributed by atoms with Crippen LogP contribution in [-0.4, -0.2) is 25.0 Å². The van der Waals surface area contributed by atoms with Crippen LogP contribution in [0.15, 0.2) is 16.8 Å². The van der Waals surface area contributed by atoms with Crippen molar-refractivity contribution in [2.45, 2.75) is 12.5 Å². The van der Waals surface area contributed by atoms with Crippen molar-refractivity contribution in [2.24, 2.45) is 0 Å². The van der Waals surface area contributed by atoms with Gasteiger partial charge in [-0.25, -0.2) is 0 Å². The molecule has 1 saturated heterocycles. The summed E-state index contributed by atoms with van der Waals surface area (Å²) in [6, 6.07) is 2.16. The Morgan fingerprint density at radius 1 is 1.64 bits per heavy atom. The molecular formula is C9H13ClN2OS. The van der Waals surface area contributed by atoms with Crippen LogP contribution in [0, 0.1) is 0 Å². The number of rotatable bonds is 2. The Hall–Kier alpha value is -0.580. The molecule has 1 atom stereocenters. The molecule has 2 N–H and O–H groups in total. The van der Waals surface area contributed by atoms with Gasteiger partial charge in [0.15, 0.2) is 0 Å². The van der Waals surface area contributed by atoms with Gasteiger partial charge in [0.2, 0.25) is 0 Å². The number of hydrogen-bond acceptors (Lipinski definition) is 3. The third-order valence-electron chi connectivity index (χ3n) is 2.18. The average Bonchev–Trinajstić information content (AvgIpc) is 2.74. The molecule has 78 valence electrons. The van der Waals surface area contributed by atoms with Crippen LogP contribution in [0.25, 0.3) is 0 Å². The van der Waals surface area contributed by atoms with Gasteiger partial charge in [-0.05, 0) is 24.4 Å². The first-order valence-corrected chi connectivity index (χ1v) is 5.34. The molecule has 5 heteroatoms. The molecule has 14 heavy (non-hydrogen) atoms. The normalized spacial score (nSPS) is 20.1. The van der Waals surface area contributed by atoms with E-state index >= 15 is 0 Å². The van der Waals surface area contributed by atoms with Gasteiger partial charge >= 0.3 is 0 Å². The summed E-state index contributed by atoms with van der Waals surface area (Å²) >= 11 is 1.55. The Labute approximate surface area is 93.3 Å². The molecule has 0 radical (unpaired) electrons. The van der Waals surface area contributed by atoms with Crippen LogP contribution in [0.1, 0.15) is 16.8 Å². The van der Waals surface area contributed by atoms with E-state index in [2.05, 4.69) is 10.6 Å². The number of hydrogen-bond donors (Lipinski definition) is 2. The van der Waals surface area contributed by atoms with E-state index in [9.17, 15) is 4.79 Å². The Bertz CT molecular complexity index is 283. The Kier molecular flexibility index (Phi) is 4.38. The largest absolute Gasteiger partial charge is 0.348 e. The lowest BCUT2D eigenvalue weighted by Gasteiger charge is -2.09. The molecule has 1 amide bonds. The monoisotopic (exact) mass is 232 g/mol. The fourth-order valence-electron chi connectivity index (χ4n) is 1.44. The van der Waals surface area contributed by atoms with E-state index in [-0.39, 0.29) is 18.3 Å². The summed E-state index contributed by atoms with van der Waals surface area (Å²) in [7, 11) is 0. The van der Waals surface area contributed by atoms with Crippen LogP contribution in [-0.2, 0) is 0 Å². The van der Waals surface area contributed by atoms with Crippen LogP contribution in [0.5, 0.6) is 0 Å². The number of carbonyl (C=O) groups excluding carboxylic acids is 1. The van der Waals surface area contributed by atoms with Gasteiger partial charge in [-0.15, -0.1) is 12.4 Å². The van der Waals surface area contributed by atoms with E-state index in [1.807, 2.05) is 16.8 Å². The summed E-state index contributed by atoms with van der Waals surface area (Å²) in [6.45, 7) is 1.91. The molecule has 1 aliphatic heterocycles. The molecule has 0 bridgehead atoms. The van der Waals surface area contributed by atoms with E-state index < -0.39 is 0 Å². The number of halogens is 1. The minimum absolute atomic E-state index is 0. The zero-order chi connectivity index (χ0) is 9.10.